The first-order chi connectivity index (χ1) is 8.75. The molecule has 2 heterocycles. The van der Waals surface area contributed by atoms with Gasteiger partial charge in [-0.1, -0.05) is 0 Å². The molecule has 19 heavy (non-hydrogen) atoms. The third-order valence-electron chi connectivity index (χ3n) is 2.68. The van der Waals surface area contributed by atoms with Crippen LogP contribution >= 0.6 is 11.6 Å². The average molecular weight is 295 g/mol. The minimum Gasteiger partial charge on any atom is -0.440 e. The summed E-state index contributed by atoms with van der Waals surface area (Å²) >= 11 is 5.68. The maximum Gasteiger partial charge on any atom is 0.417 e. The number of anilines is 1. The van der Waals surface area contributed by atoms with E-state index >= 15 is 0 Å². The fourth-order valence-corrected chi connectivity index (χ4v) is 1.79. The Morgan fingerprint density at radius 3 is 2.63 bits per heavy atom. The fraction of sp³-hybridized carbons (Fsp3) is 0.455. The lowest BCUT2D eigenvalue weighted by molar-refractivity contribution is -0.137. The van der Waals surface area contributed by atoms with Crippen molar-refractivity contribution in [1.82, 2.24) is 4.98 Å². The number of carbonyl (C=O) groups excluding carboxylic acids is 1. The molecule has 1 amide bonds. The number of hydrogen-bond acceptors (Lipinski definition) is 3. The summed E-state index contributed by atoms with van der Waals surface area (Å²) in [6.45, 7) is 1.79. The van der Waals surface area contributed by atoms with E-state index in [2.05, 4.69) is 4.98 Å². The highest BCUT2D eigenvalue weighted by atomic mass is 35.5. The van der Waals surface area contributed by atoms with Gasteiger partial charge in [-0.15, -0.1) is 11.6 Å². The fourth-order valence-electron chi connectivity index (χ4n) is 1.65. The molecule has 1 fully saturated rings. The van der Waals surface area contributed by atoms with Crippen molar-refractivity contribution in [2.75, 3.05) is 17.3 Å². The van der Waals surface area contributed by atoms with Gasteiger partial charge in [0.15, 0.2) is 0 Å². The topological polar surface area (TPSA) is 42.4 Å². The highest BCUT2D eigenvalue weighted by Crippen LogP contribution is 2.31. The Morgan fingerprint density at radius 1 is 1.53 bits per heavy atom. The second-order valence-corrected chi connectivity index (χ2v) is 4.71. The number of carbonyl (C=O) groups is 1. The minimum atomic E-state index is -4.46. The van der Waals surface area contributed by atoms with Crippen LogP contribution in [0.3, 0.4) is 0 Å². The van der Waals surface area contributed by atoms with Crippen molar-refractivity contribution in [2.45, 2.75) is 18.7 Å². The molecule has 1 aliphatic rings. The first-order valence-electron chi connectivity index (χ1n) is 5.35. The van der Waals surface area contributed by atoms with Crippen molar-refractivity contribution in [3.05, 3.63) is 23.9 Å². The zero-order chi connectivity index (χ0) is 14.3. The molecule has 4 nitrogen and oxygen atoms in total. The second-order valence-electron chi connectivity index (χ2n) is 4.44. The lowest BCUT2D eigenvalue weighted by Crippen LogP contribution is -2.33. The summed E-state index contributed by atoms with van der Waals surface area (Å²) in [5.74, 6) is 0.197. The van der Waals surface area contributed by atoms with E-state index in [0.29, 0.717) is 6.20 Å². The van der Waals surface area contributed by atoms with E-state index in [1.54, 1.807) is 6.92 Å². The number of hydrogen-bond donors (Lipinski definition) is 0. The minimum absolute atomic E-state index is 0.0931. The van der Waals surface area contributed by atoms with Gasteiger partial charge < -0.3 is 4.74 Å². The molecule has 1 aliphatic heterocycles. The number of amides is 1. The molecule has 0 saturated carbocycles. The molecule has 0 bridgehead atoms. The van der Waals surface area contributed by atoms with E-state index < -0.39 is 23.4 Å². The summed E-state index contributed by atoms with van der Waals surface area (Å²) in [5, 5.41) is 0. The average Bonchev–Trinajstić information content (AvgIpc) is 2.65. The largest absolute Gasteiger partial charge is 0.440 e. The van der Waals surface area contributed by atoms with Crippen LogP contribution in [0.2, 0.25) is 0 Å². The molecule has 0 aliphatic carbocycles. The molecular weight excluding hydrogens is 285 g/mol. The van der Waals surface area contributed by atoms with Gasteiger partial charge >= 0.3 is 12.3 Å². The highest BCUT2D eigenvalue weighted by molar-refractivity contribution is 6.18. The Labute approximate surface area is 112 Å². The molecule has 104 valence electrons. The molecule has 2 rings (SSSR count). The summed E-state index contributed by atoms with van der Waals surface area (Å²) in [5.41, 5.74) is -1.73. The molecule has 1 saturated heterocycles. The Bertz CT molecular complexity index is 492. The van der Waals surface area contributed by atoms with Crippen LogP contribution in [0.5, 0.6) is 0 Å². The van der Waals surface area contributed by atoms with Crippen molar-refractivity contribution in [1.29, 1.82) is 0 Å². The normalized spacial score (nSPS) is 23.6. The van der Waals surface area contributed by atoms with Gasteiger partial charge in [0.2, 0.25) is 0 Å². The quantitative estimate of drug-likeness (QED) is 0.787. The Kier molecular flexibility index (Phi) is 3.34. The molecule has 1 aromatic heterocycles. The Balaban J connectivity index is 2.22. The number of halogens is 4. The number of alkyl halides is 4. The molecule has 0 aromatic carbocycles. The van der Waals surface area contributed by atoms with Crippen molar-refractivity contribution >= 4 is 23.5 Å². The third kappa shape index (κ3) is 2.75. The van der Waals surface area contributed by atoms with Crippen LogP contribution in [0, 0.1) is 0 Å². The van der Waals surface area contributed by atoms with Crippen molar-refractivity contribution in [2.24, 2.45) is 0 Å². The van der Waals surface area contributed by atoms with Crippen molar-refractivity contribution in [3.8, 4) is 0 Å². The summed E-state index contributed by atoms with van der Waals surface area (Å²) in [6.07, 6.45) is -4.45. The second kappa shape index (κ2) is 4.56. The van der Waals surface area contributed by atoms with Gasteiger partial charge in [0, 0.05) is 6.20 Å². The van der Waals surface area contributed by atoms with Crippen molar-refractivity contribution in [3.63, 3.8) is 0 Å². The zero-order valence-corrected chi connectivity index (χ0v) is 10.6. The standard InChI is InChI=1S/C11H10ClF3N2O2/c1-10(5-12)6-17(9(18)19-10)8-3-2-7(4-16-8)11(13,14)15/h2-4H,5-6H2,1H3. The number of rotatable bonds is 2. The summed E-state index contributed by atoms with van der Waals surface area (Å²) in [4.78, 5) is 16.4. The van der Waals surface area contributed by atoms with Gasteiger partial charge in [0.05, 0.1) is 18.0 Å². The van der Waals surface area contributed by atoms with E-state index in [0.717, 1.165) is 17.0 Å². The lowest BCUT2D eigenvalue weighted by Gasteiger charge is -2.17. The van der Waals surface area contributed by atoms with E-state index in [1.807, 2.05) is 0 Å². The van der Waals surface area contributed by atoms with Gasteiger partial charge in [-0.2, -0.15) is 13.2 Å². The predicted octanol–water partition coefficient (Wildman–Crippen LogP) is 3.05. The van der Waals surface area contributed by atoms with Crippen LogP contribution in [-0.4, -0.2) is 29.1 Å². The van der Waals surface area contributed by atoms with Crippen LogP contribution in [-0.2, 0) is 10.9 Å². The van der Waals surface area contributed by atoms with Gasteiger partial charge in [0.1, 0.15) is 11.4 Å². The first-order valence-corrected chi connectivity index (χ1v) is 5.88. The van der Waals surface area contributed by atoms with Gasteiger partial charge in [0.25, 0.3) is 0 Å². The summed E-state index contributed by atoms with van der Waals surface area (Å²) < 4.78 is 42.2. The smallest absolute Gasteiger partial charge is 0.417 e. The maximum absolute atomic E-state index is 12.4. The summed E-state index contributed by atoms with van der Waals surface area (Å²) in [6, 6.07) is 2.00. The number of ether oxygens (including phenoxy) is 1. The molecular formula is C11H10ClF3N2O2. The van der Waals surface area contributed by atoms with E-state index in [9.17, 15) is 18.0 Å². The number of pyridine rings is 1. The van der Waals surface area contributed by atoms with Crippen LogP contribution in [0.15, 0.2) is 18.3 Å². The lowest BCUT2D eigenvalue weighted by atomic mass is 10.1. The van der Waals surface area contributed by atoms with Crippen LogP contribution in [0.1, 0.15) is 12.5 Å². The Hall–Kier alpha value is -1.50. The van der Waals surface area contributed by atoms with Gasteiger partial charge in [-0.25, -0.2) is 9.78 Å². The van der Waals surface area contributed by atoms with E-state index in [4.69, 9.17) is 16.3 Å². The van der Waals surface area contributed by atoms with Crippen LogP contribution < -0.4 is 4.90 Å². The molecule has 1 aromatic rings. The first kappa shape index (κ1) is 13.9. The maximum atomic E-state index is 12.4. The molecule has 0 spiro atoms. The highest BCUT2D eigenvalue weighted by Gasteiger charge is 2.42. The van der Waals surface area contributed by atoms with E-state index in [1.165, 1.54) is 0 Å². The number of nitrogens with zero attached hydrogens (tertiary/aromatic N) is 2. The number of cyclic esters (lactones) is 1. The molecule has 0 N–H and O–H groups in total. The zero-order valence-electron chi connectivity index (χ0n) is 9.87. The monoisotopic (exact) mass is 294 g/mol. The van der Waals surface area contributed by atoms with Crippen molar-refractivity contribution < 1.29 is 22.7 Å². The van der Waals surface area contributed by atoms with Crippen LogP contribution in [0.4, 0.5) is 23.8 Å². The Morgan fingerprint density at radius 2 is 2.21 bits per heavy atom. The SMILES string of the molecule is CC1(CCl)CN(c2ccc(C(F)(F)F)cn2)C(=O)O1. The molecule has 0 radical (unpaired) electrons. The van der Waals surface area contributed by atoms with E-state index in [-0.39, 0.29) is 18.2 Å². The van der Waals surface area contributed by atoms with Gasteiger partial charge in [-0.05, 0) is 19.1 Å². The predicted molar refractivity (Wildman–Crippen MR) is 62.2 cm³/mol. The van der Waals surface area contributed by atoms with Gasteiger partial charge in [-0.3, -0.25) is 4.90 Å². The van der Waals surface area contributed by atoms with Crippen LogP contribution in [0.25, 0.3) is 0 Å². The third-order valence-corrected chi connectivity index (χ3v) is 3.25. The summed E-state index contributed by atoms with van der Waals surface area (Å²) in [7, 11) is 0. The molecule has 8 heteroatoms. The number of aromatic nitrogens is 1. The molecule has 1 atom stereocenters. The molecule has 1 unspecified atom stereocenters.